The van der Waals surface area contributed by atoms with Crippen molar-refractivity contribution in [1.82, 2.24) is 19.5 Å². The van der Waals surface area contributed by atoms with Crippen LogP contribution in [0.15, 0.2) is 23.3 Å². The van der Waals surface area contributed by atoms with Gasteiger partial charge in [0.1, 0.15) is 5.69 Å². The molecule has 0 amide bonds. The molecule has 27 heavy (non-hydrogen) atoms. The number of hydrogen-bond acceptors (Lipinski definition) is 7. The molecular weight excluding hydrogens is 344 g/mol. The molecule has 2 aromatic rings. The number of fused-ring (bicyclic) bond motifs is 1. The largest absolute Gasteiger partial charge is 0.390 e. The van der Waals surface area contributed by atoms with Crippen molar-refractivity contribution in [2.75, 3.05) is 16.9 Å². The zero-order valence-electron chi connectivity index (χ0n) is 16.3. The summed E-state index contributed by atoms with van der Waals surface area (Å²) in [5, 5.41) is 3.22. The molecule has 0 bridgehead atoms. The maximum absolute atomic E-state index is 13.0. The Morgan fingerprint density at radius 2 is 2.00 bits per heavy atom. The number of rotatable bonds is 9. The van der Waals surface area contributed by atoms with Crippen LogP contribution in [0.2, 0.25) is 0 Å². The third-order valence-corrected chi connectivity index (χ3v) is 4.74. The number of hydrogen-bond donors (Lipinski definition) is 1. The van der Waals surface area contributed by atoms with E-state index < -0.39 is 0 Å². The first kappa shape index (κ1) is 19.1. The highest BCUT2D eigenvalue weighted by Gasteiger charge is 2.30. The van der Waals surface area contributed by atoms with E-state index in [-0.39, 0.29) is 17.6 Å². The molecule has 1 N–H and O–H groups in total. The minimum Gasteiger partial charge on any atom is -0.390 e. The molecule has 0 aromatic carbocycles. The van der Waals surface area contributed by atoms with Gasteiger partial charge in [-0.3, -0.25) is 9.36 Å². The maximum Gasteiger partial charge on any atom is 0.324 e. The van der Waals surface area contributed by atoms with Gasteiger partial charge in [-0.05, 0) is 25.8 Å². The fourth-order valence-electron chi connectivity index (χ4n) is 3.25. The van der Waals surface area contributed by atoms with Crippen molar-refractivity contribution in [3.05, 3.63) is 28.8 Å². The highest BCUT2D eigenvalue weighted by molar-refractivity contribution is 5.70. The Labute approximate surface area is 159 Å². The third-order valence-electron chi connectivity index (χ3n) is 4.74. The molecule has 0 spiro atoms. The first-order chi connectivity index (χ1) is 13.2. The monoisotopic (exact) mass is 372 g/mol. The zero-order valence-corrected chi connectivity index (χ0v) is 16.3. The first-order valence-electron chi connectivity index (χ1n) is 9.75. The molecule has 2 aromatic heterocycles. The lowest BCUT2D eigenvalue weighted by atomic mass is 10.1. The van der Waals surface area contributed by atoms with Gasteiger partial charge in [-0.1, -0.05) is 33.1 Å². The summed E-state index contributed by atoms with van der Waals surface area (Å²) in [7, 11) is 0. The highest BCUT2D eigenvalue weighted by Crippen LogP contribution is 2.31. The summed E-state index contributed by atoms with van der Waals surface area (Å²) < 4.78 is 7.32. The predicted octanol–water partition coefficient (Wildman–Crippen LogP) is 3.39. The van der Waals surface area contributed by atoms with Crippen LogP contribution in [-0.4, -0.2) is 32.2 Å². The second-order valence-electron chi connectivity index (χ2n) is 6.83. The molecule has 3 rings (SSSR count). The van der Waals surface area contributed by atoms with Crippen LogP contribution < -0.4 is 20.5 Å². The van der Waals surface area contributed by atoms with E-state index in [0.29, 0.717) is 30.8 Å². The van der Waals surface area contributed by atoms with E-state index >= 15 is 0 Å². The van der Waals surface area contributed by atoms with E-state index in [1.807, 2.05) is 6.92 Å². The first-order valence-corrected chi connectivity index (χ1v) is 9.75. The molecule has 0 fully saturated rings. The molecule has 146 valence electrons. The van der Waals surface area contributed by atoms with Crippen LogP contribution >= 0.6 is 0 Å². The maximum atomic E-state index is 13.0. The van der Waals surface area contributed by atoms with Crippen molar-refractivity contribution in [3.63, 3.8) is 0 Å². The van der Waals surface area contributed by atoms with Gasteiger partial charge >= 0.3 is 12.0 Å². The predicted molar refractivity (Wildman–Crippen MR) is 105 cm³/mol. The van der Waals surface area contributed by atoms with Crippen molar-refractivity contribution in [2.45, 2.75) is 65.5 Å². The number of ether oxygens (including phenoxy) is 1. The molecule has 1 aliphatic heterocycles. The van der Waals surface area contributed by atoms with Crippen molar-refractivity contribution in [2.24, 2.45) is 0 Å². The van der Waals surface area contributed by atoms with Crippen LogP contribution in [0.5, 0.6) is 12.0 Å². The summed E-state index contributed by atoms with van der Waals surface area (Å²) in [6.07, 6.45) is 8.62. The molecule has 0 saturated heterocycles. The van der Waals surface area contributed by atoms with E-state index in [1.165, 1.54) is 12.8 Å². The Hall–Kier alpha value is -2.64. The van der Waals surface area contributed by atoms with Gasteiger partial charge in [-0.2, -0.15) is 4.98 Å². The van der Waals surface area contributed by atoms with Crippen molar-refractivity contribution in [3.8, 4) is 12.0 Å². The van der Waals surface area contributed by atoms with E-state index in [2.05, 4.69) is 39.0 Å². The van der Waals surface area contributed by atoms with E-state index in [4.69, 9.17) is 4.74 Å². The standard InChI is InChI=1S/C19H28N6O2/c1-4-6-7-9-14(3)25-13-22-15-16(25)23-19(24(12-5-2)17(15)26)27-18-20-10-8-11-21-18/h8,10-11,14,22H,4-7,9,12-13H2,1-3H3. The van der Waals surface area contributed by atoms with E-state index in [0.717, 1.165) is 19.3 Å². The molecule has 8 nitrogen and oxygen atoms in total. The van der Waals surface area contributed by atoms with Gasteiger partial charge in [-0.15, -0.1) is 0 Å². The summed E-state index contributed by atoms with van der Waals surface area (Å²) in [5.74, 6) is 0.655. The lowest BCUT2D eigenvalue weighted by molar-refractivity contribution is 0.369. The normalized spacial score (nSPS) is 14.0. The SMILES string of the molecule is CCCCCC(C)N1CNc2c1nc(Oc1ncccn1)n(CCC)c2=O. The molecule has 1 unspecified atom stereocenters. The minimum absolute atomic E-state index is 0.115. The van der Waals surface area contributed by atoms with E-state index in [9.17, 15) is 4.79 Å². The van der Waals surface area contributed by atoms with Crippen LogP contribution in [-0.2, 0) is 6.54 Å². The molecule has 1 atom stereocenters. The molecule has 3 heterocycles. The summed E-state index contributed by atoms with van der Waals surface area (Å²) in [6, 6.07) is 2.43. The average Bonchev–Trinajstić information content (AvgIpc) is 3.10. The van der Waals surface area contributed by atoms with Gasteiger partial charge < -0.3 is 15.0 Å². The molecule has 0 aliphatic carbocycles. The summed E-state index contributed by atoms with van der Waals surface area (Å²) >= 11 is 0. The Balaban J connectivity index is 1.93. The zero-order chi connectivity index (χ0) is 19.2. The molecular formula is C19H28N6O2. The number of unbranched alkanes of at least 4 members (excludes halogenated alkanes) is 2. The lowest BCUT2D eigenvalue weighted by Crippen LogP contribution is -2.33. The topological polar surface area (TPSA) is 85.2 Å². The van der Waals surface area contributed by atoms with Crippen LogP contribution in [0.4, 0.5) is 11.5 Å². The van der Waals surface area contributed by atoms with Crippen LogP contribution in [0.25, 0.3) is 0 Å². The number of nitrogens with zero attached hydrogens (tertiary/aromatic N) is 5. The second-order valence-corrected chi connectivity index (χ2v) is 6.83. The minimum atomic E-state index is -0.115. The van der Waals surface area contributed by atoms with Crippen molar-refractivity contribution in [1.29, 1.82) is 0 Å². The van der Waals surface area contributed by atoms with Crippen molar-refractivity contribution < 1.29 is 4.74 Å². The third kappa shape index (κ3) is 4.20. The smallest absolute Gasteiger partial charge is 0.324 e. The van der Waals surface area contributed by atoms with Gasteiger partial charge in [-0.25, -0.2) is 9.97 Å². The van der Waals surface area contributed by atoms with Crippen LogP contribution in [0, 0.1) is 0 Å². The van der Waals surface area contributed by atoms with Gasteiger partial charge in [0.05, 0.1) is 6.67 Å². The average molecular weight is 372 g/mol. The van der Waals surface area contributed by atoms with Gasteiger partial charge in [0.15, 0.2) is 5.82 Å². The Kier molecular flexibility index (Phi) is 6.26. The Morgan fingerprint density at radius 1 is 1.22 bits per heavy atom. The fraction of sp³-hybridized carbons (Fsp3) is 0.579. The number of anilines is 2. The van der Waals surface area contributed by atoms with Crippen LogP contribution in [0.1, 0.15) is 52.9 Å². The Morgan fingerprint density at radius 3 is 2.70 bits per heavy atom. The molecule has 0 saturated carbocycles. The van der Waals surface area contributed by atoms with E-state index in [1.54, 1.807) is 23.0 Å². The van der Waals surface area contributed by atoms with Gasteiger partial charge in [0.25, 0.3) is 5.56 Å². The number of nitrogens with one attached hydrogen (secondary N) is 1. The molecule has 8 heteroatoms. The number of aromatic nitrogens is 4. The summed E-state index contributed by atoms with van der Waals surface area (Å²) in [6.45, 7) is 7.49. The second kappa shape index (κ2) is 8.83. The molecule has 0 radical (unpaired) electrons. The summed E-state index contributed by atoms with van der Waals surface area (Å²) in [4.78, 5) is 28.0. The summed E-state index contributed by atoms with van der Waals surface area (Å²) in [5.41, 5.74) is 0.433. The highest BCUT2D eigenvalue weighted by atomic mass is 16.5. The van der Waals surface area contributed by atoms with Crippen LogP contribution in [0.3, 0.4) is 0 Å². The lowest BCUT2D eigenvalue weighted by Gasteiger charge is -2.25. The van der Waals surface area contributed by atoms with Gasteiger partial charge in [0, 0.05) is 25.0 Å². The quantitative estimate of drug-likeness (QED) is 0.675. The van der Waals surface area contributed by atoms with Gasteiger partial charge in [0.2, 0.25) is 0 Å². The fourth-order valence-corrected chi connectivity index (χ4v) is 3.25. The van der Waals surface area contributed by atoms with Crippen molar-refractivity contribution >= 4 is 11.5 Å². The molecule has 1 aliphatic rings. The Bertz CT molecular complexity index is 808.